The summed E-state index contributed by atoms with van der Waals surface area (Å²) in [5.41, 5.74) is -3.49. The molecule has 0 radical (unpaired) electrons. The lowest BCUT2D eigenvalue weighted by Gasteiger charge is -2.32. The average molecular weight is 592 g/mol. The van der Waals surface area contributed by atoms with Crippen LogP contribution in [0.5, 0.6) is 0 Å². The van der Waals surface area contributed by atoms with Gasteiger partial charge in [0, 0.05) is 37.0 Å². The second-order valence-electron chi connectivity index (χ2n) is 12.2. The normalized spacial score (nSPS) is 23.2. The number of halogens is 4. The van der Waals surface area contributed by atoms with Crippen molar-refractivity contribution in [2.75, 3.05) is 38.5 Å². The summed E-state index contributed by atoms with van der Waals surface area (Å²) in [4.78, 5) is 43.5. The van der Waals surface area contributed by atoms with Crippen molar-refractivity contribution < 1.29 is 27.2 Å². The molecule has 2 saturated heterocycles. The van der Waals surface area contributed by atoms with Gasteiger partial charge in [-0.3, -0.25) is 14.4 Å². The van der Waals surface area contributed by atoms with Crippen LogP contribution in [0, 0.1) is 5.82 Å². The number of carbonyl (C=O) groups excluding carboxylic acids is 2. The Morgan fingerprint density at radius 1 is 1.07 bits per heavy atom. The number of rotatable bonds is 8. The molecule has 0 unspecified atom stereocenters. The molecule has 1 aromatic heterocycles. The highest BCUT2D eigenvalue weighted by Crippen LogP contribution is 2.43. The molecule has 5 rings (SSSR count). The number of likely N-dealkylation sites (tertiary alicyclic amines) is 2. The summed E-state index contributed by atoms with van der Waals surface area (Å²) in [6, 6.07) is 4.06. The second-order valence-corrected chi connectivity index (χ2v) is 12.2. The summed E-state index contributed by atoms with van der Waals surface area (Å²) in [7, 11) is 2.02. The van der Waals surface area contributed by atoms with E-state index in [1.807, 2.05) is 7.05 Å². The fourth-order valence-electron chi connectivity index (χ4n) is 5.97. The Kier molecular flexibility index (Phi) is 8.12. The third-order valence-corrected chi connectivity index (χ3v) is 8.88. The van der Waals surface area contributed by atoms with Crippen LogP contribution in [0.3, 0.4) is 0 Å². The van der Waals surface area contributed by atoms with E-state index >= 15 is 0 Å². The van der Waals surface area contributed by atoms with Gasteiger partial charge in [-0.15, -0.1) is 0 Å². The van der Waals surface area contributed by atoms with Gasteiger partial charge in [-0.05, 0) is 66.1 Å². The SMILES string of the molecule is C[C@@H](NC(=O)c1cn([C@@]2(C)CCN(C(=O)C3(F)CC3)C2)c(=O)cc1NC1CCN(C)CC1)c1cccc(C(F)F)c1F. The van der Waals surface area contributed by atoms with Gasteiger partial charge in [0.1, 0.15) is 5.82 Å². The lowest BCUT2D eigenvalue weighted by atomic mass is 9.99. The van der Waals surface area contributed by atoms with Gasteiger partial charge in [-0.2, -0.15) is 0 Å². The van der Waals surface area contributed by atoms with Gasteiger partial charge in [0.25, 0.3) is 23.8 Å². The Morgan fingerprint density at radius 3 is 2.38 bits per heavy atom. The zero-order valence-electron chi connectivity index (χ0n) is 24.1. The third kappa shape index (κ3) is 5.91. The summed E-state index contributed by atoms with van der Waals surface area (Å²) >= 11 is 0. The molecule has 2 aliphatic heterocycles. The van der Waals surface area contributed by atoms with Crippen LogP contribution in [0.2, 0.25) is 0 Å². The van der Waals surface area contributed by atoms with E-state index in [2.05, 4.69) is 15.5 Å². The van der Waals surface area contributed by atoms with Gasteiger partial charge in [0.15, 0.2) is 5.67 Å². The smallest absolute Gasteiger partial charge is 0.266 e. The Morgan fingerprint density at radius 2 is 1.74 bits per heavy atom. The van der Waals surface area contributed by atoms with Crippen LogP contribution in [0.1, 0.15) is 79.9 Å². The maximum atomic E-state index is 14.9. The third-order valence-electron chi connectivity index (χ3n) is 8.88. The molecule has 42 heavy (non-hydrogen) atoms. The van der Waals surface area contributed by atoms with Crippen molar-refractivity contribution in [2.45, 2.75) is 75.7 Å². The fraction of sp³-hybridized carbons (Fsp3) is 0.567. The highest BCUT2D eigenvalue weighted by atomic mass is 19.3. The summed E-state index contributed by atoms with van der Waals surface area (Å²) in [6.07, 6.45) is 0.792. The molecule has 3 aliphatic rings. The van der Waals surface area contributed by atoms with Crippen LogP contribution in [0.4, 0.5) is 23.2 Å². The maximum absolute atomic E-state index is 14.9. The summed E-state index contributed by atoms with van der Waals surface area (Å²) in [5, 5.41) is 6.05. The van der Waals surface area contributed by atoms with E-state index in [4.69, 9.17) is 0 Å². The minimum Gasteiger partial charge on any atom is -0.381 e. The van der Waals surface area contributed by atoms with Crippen LogP contribution >= 0.6 is 0 Å². The minimum absolute atomic E-state index is 0.00931. The topological polar surface area (TPSA) is 86.7 Å². The van der Waals surface area contributed by atoms with Crippen LogP contribution in [-0.4, -0.2) is 71.1 Å². The summed E-state index contributed by atoms with van der Waals surface area (Å²) in [6.45, 7) is 5.36. The predicted octanol–water partition coefficient (Wildman–Crippen LogP) is 4.37. The molecular formula is C30H37F4N5O3. The maximum Gasteiger partial charge on any atom is 0.266 e. The Balaban J connectivity index is 1.45. The van der Waals surface area contributed by atoms with Gasteiger partial charge in [-0.1, -0.05) is 18.2 Å². The van der Waals surface area contributed by atoms with E-state index < -0.39 is 46.9 Å². The van der Waals surface area contributed by atoms with Gasteiger partial charge >= 0.3 is 0 Å². The van der Waals surface area contributed by atoms with E-state index in [1.165, 1.54) is 40.8 Å². The minimum atomic E-state index is -3.01. The van der Waals surface area contributed by atoms with Crippen LogP contribution in [0.25, 0.3) is 0 Å². The number of nitrogens with one attached hydrogen (secondary N) is 2. The standard InChI is InChI=1S/C30H37F4N5O3/c1-18(20-5-4-6-21(25(20)31)26(32)33)35-27(41)22-16-39(24(40)15-23(22)36-19-7-12-37(3)13-8-19)29(2)11-14-38(17-29)28(42)30(34)9-10-30/h4-6,15-16,18-19,26,36H,7-14,17H2,1-3H3,(H,35,41)/t18-,29+/m1/s1. The first-order chi connectivity index (χ1) is 19.8. The van der Waals surface area contributed by atoms with E-state index in [9.17, 15) is 31.9 Å². The number of amides is 2. The summed E-state index contributed by atoms with van der Waals surface area (Å²) in [5.74, 6) is -2.28. The number of benzene rings is 1. The molecule has 1 aliphatic carbocycles. The number of hydrogen-bond acceptors (Lipinski definition) is 5. The molecule has 3 fully saturated rings. The fourth-order valence-corrected chi connectivity index (χ4v) is 5.97. The van der Waals surface area contributed by atoms with Crippen LogP contribution < -0.4 is 16.2 Å². The molecule has 2 amide bonds. The van der Waals surface area contributed by atoms with E-state index in [1.54, 1.807) is 6.92 Å². The Labute approximate surface area is 242 Å². The van der Waals surface area contributed by atoms with Crippen molar-refractivity contribution >= 4 is 17.5 Å². The average Bonchev–Trinajstić information content (AvgIpc) is 3.57. The molecule has 0 spiro atoms. The monoisotopic (exact) mass is 591 g/mol. The van der Waals surface area contributed by atoms with Gasteiger partial charge in [-0.25, -0.2) is 17.6 Å². The molecular weight excluding hydrogens is 554 g/mol. The number of pyridine rings is 1. The van der Waals surface area contributed by atoms with E-state index in [0.717, 1.165) is 32.0 Å². The number of hydrogen-bond donors (Lipinski definition) is 2. The van der Waals surface area contributed by atoms with Gasteiger partial charge in [0.05, 0.1) is 28.4 Å². The van der Waals surface area contributed by atoms with Crippen molar-refractivity contribution in [2.24, 2.45) is 0 Å². The molecule has 3 heterocycles. The van der Waals surface area contributed by atoms with Gasteiger partial charge < -0.3 is 25.0 Å². The van der Waals surface area contributed by atoms with Crippen molar-refractivity contribution in [1.82, 2.24) is 19.7 Å². The predicted molar refractivity (Wildman–Crippen MR) is 150 cm³/mol. The molecule has 12 heteroatoms. The lowest BCUT2D eigenvalue weighted by Crippen LogP contribution is -2.44. The van der Waals surface area contributed by atoms with E-state index in [-0.39, 0.29) is 48.7 Å². The number of aromatic nitrogens is 1. The zero-order valence-corrected chi connectivity index (χ0v) is 24.1. The molecule has 2 N–H and O–H groups in total. The van der Waals surface area contributed by atoms with Crippen molar-refractivity contribution in [1.29, 1.82) is 0 Å². The van der Waals surface area contributed by atoms with Crippen LogP contribution in [-0.2, 0) is 10.3 Å². The number of alkyl halides is 3. The first-order valence-corrected chi connectivity index (χ1v) is 14.4. The van der Waals surface area contributed by atoms with Crippen LogP contribution in [0.15, 0.2) is 35.3 Å². The van der Waals surface area contributed by atoms with Crippen molar-refractivity contribution in [3.63, 3.8) is 0 Å². The molecule has 228 valence electrons. The summed E-state index contributed by atoms with van der Waals surface area (Å²) < 4.78 is 57.4. The molecule has 2 atom stereocenters. The second kappa shape index (κ2) is 11.3. The quantitative estimate of drug-likeness (QED) is 0.446. The Bertz CT molecular complexity index is 1420. The lowest BCUT2D eigenvalue weighted by molar-refractivity contribution is -0.137. The Hall–Kier alpha value is -3.41. The number of nitrogens with zero attached hydrogens (tertiary/aromatic N) is 3. The first kappa shape index (κ1) is 30.1. The number of anilines is 1. The van der Waals surface area contributed by atoms with Gasteiger partial charge in [0.2, 0.25) is 0 Å². The first-order valence-electron chi connectivity index (χ1n) is 14.4. The molecule has 2 aromatic rings. The zero-order chi connectivity index (χ0) is 30.4. The highest BCUT2D eigenvalue weighted by molar-refractivity contribution is 5.99. The highest BCUT2D eigenvalue weighted by Gasteiger charge is 2.55. The van der Waals surface area contributed by atoms with E-state index in [0.29, 0.717) is 12.1 Å². The molecule has 1 saturated carbocycles. The van der Waals surface area contributed by atoms with Crippen molar-refractivity contribution in [3.05, 3.63) is 63.3 Å². The van der Waals surface area contributed by atoms with Crippen molar-refractivity contribution in [3.8, 4) is 0 Å². The molecule has 8 nitrogen and oxygen atoms in total. The molecule has 0 bridgehead atoms. The number of carbonyl (C=O) groups is 2. The molecule has 1 aromatic carbocycles. The largest absolute Gasteiger partial charge is 0.381 e. The number of piperidine rings is 1.